The predicted octanol–water partition coefficient (Wildman–Crippen LogP) is 2.95. The minimum atomic E-state index is 0.311. The van der Waals surface area contributed by atoms with Crippen LogP contribution in [0, 0.1) is 6.92 Å². The smallest absolute Gasteiger partial charge is 0.110 e. The number of fused-ring (bicyclic) bond motifs is 1. The Morgan fingerprint density at radius 1 is 1.45 bits per heavy atom. The lowest BCUT2D eigenvalue weighted by Crippen LogP contribution is -2.26. The average molecular weight is 287 g/mol. The highest BCUT2D eigenvalue weighted by Crippen LogP contribution is 2.21. The zero-order valence-corrected chi connectivity index (χ0v) is 12.9. The molecule has 3 nitrogen and oxygen atoms in total. The fourth-order valence-electron chi connectivity index (χ4n) is 2.70. The van der Waals surface area contributed by atoms with Gasteiger partial charge in [0.25, 0.3) is 0 Å². The molecule has 1 aromatic carbocycles. The van der Waals surface area contributed by atoms with Crippen molar-refractivity contribution in [3.8, 4) is 0 Å². The third-order valence-electron chi connectivity index (χ3n) is 3.84. The van der Waals surface area contributed by atoms with Crippen LogP contribution in [0.3, 0.4) is 0 Å². The van der Waals surface area contributed by atoms with Crippen molar-refractivity contribution in [3.05, 3.63) is 51.0 Å². The third kappa shape index (κ3) is 2.92. The van der Waals surface area contributed by atoms with Crippen molar-refractivity contribution in [1.29, 1.82) is 0 Å². The molecule has 0 saturated heterocycles. The van der Waals surface area contributed by atoms with E-state index < -0.39 is 0 Å². The van der Waals surface area contributed by atoms with Gasteiger partial charge in [-0.15, -0.1) is 11.3 Å². The molecule has 0 saturated carbocycles. The van der Waals surface area contributed by atoms with E-state index in [1.807, 2.05) is 6.92 Å². The summed E-state index contributed by atoms with van der Waals surface area (Å²) in [5.41, 5.74) is 5.53. The molecule has 3 rings (SSSR count). The number of nitrogens with one attached hydrogen (secondary N) is 2. The van der Waals surface area contributed by atoms with Gasteiger partial charge in [-0.05, 0) is 43.5 Å². The second-order valence-electron chi connectivity index (χ2n) is 5.41. The minimum absolute atomic E-state index is 0.311. The Labute approximate surface area is 124 Å². The van der Waals surface area contributed by atoms with E-state index >= 15 is 0 Å². The Hall–Kier alpha value is -1.23. The van der Waals surface area contributed by atoms with Crippen molar-refractivity contribution in [3.63, 3.8) is 0 Å². The number of aryl methyl sites for hydroxylation is 1. The molecule has 4 heteroatoms. The van der Waals surface area contributed by atoms with Gasteiger partial charge in [0.15, 0.2) is 0 Å². The van der Waals surface area contributed by atoms with Gasteiger partial charge >= 0.3 is 0 Å². The fourth-order valence-corrected chi connectivity index (χ4v) is 3.53. The van der Waals surface area contributed by atoms with Gasteiger partial charge in [-0.25, -0.2) is 4.98 Å². The van der Waals surface area contributed by atoms with Crippen molar-refractivity contribution >= 4 is 11.3 Å². The molecule has 2 heterocycles. The molecule has 0 fully saturated rings. The Kier molecular flexibility index (Phi) is 4.15. The summed E-state index contributed by atoms with van der Waals surface area (Å²) in [7, 11) is 0. The number of hydrogen-bond acceptors (Lipinski definition) is 4. The van der Waals surface area contributed by atoms with Crippen LogP contribution in [0.25, 0.3) is 0 Å². The number of hydrogen-bond donors (Lipinski definition) is 2. The van der Waals surface area contributed by atoms with E-state index in [1.165, 1.54) is 21.7 Å². The highest BCUT2D eigenvalue weighted by molar-refractivity contribution is 7.09. The molecule has 0 bridgehead atoms. The number of rotatable bonds is 4. The van der Waals surface area contributed by atoms with Crippen LogP contribution in [-0.2, 0) is 19.5 Å². The van der Waals surface area contributed by atoms with E-state index in [1.54, 1.807) is 11.3 Å². The highest BCUT2D eigenvalue weighted by atomic mass is 32.1. The van der Waals surface area contributed by atoms with E-state index in [0.29, 0.717) is 6.04 Å². The van der Waals surface area contributed by atoms with Crippen LogP contribution in [0.1, 0.15) is 40.4 Å². The van der Waals surface area contributed by atoms with Gasteiger partial charge < -0.3 is 10.6 Å². The molecule has 106 valence electrons. The zero-order valence-electron chi connectivity index (χ0n) is 12.1. The van der Waals surface area contributed by atoms with Gasteiger partial charge in [-0.2, -0.15) is 0 Å². The Morgan fingerprint density at radius 3 is 3.15 bits per heavy atom. The summed E-state index contributed by atoms with van der Waals surface area (Å²) < 4.78 is 0. The summed E-state index contributed by atoms with van der Waals surface area (Å²) in [4.78, 5) is 4.56. The largest absolute Gasteiger partial charge is 0.312 e. The fraction of sp³-hybridized carbons (Fsp3) is 0.438. The number of benzene rings is 1. The van der Waals surface area contributed by atoms with Gasteiger partial charge in [0.05, 0.1) is 6.04 Å². The quantitative estimate of drug-likeness (QED) is 0.908. The van der Waals surface area contributed by atoms with E-state index in [9.17, 15) is 0 Å². The number of aromatic nitrogens is 1. The van der Waals surface area contributed by atoms with Crippen molar-refractivity contribution in [2.45, 2.75) is 39.4 Å². The molecule has 0 amide bonds. The molecule has 0 radical (unpaired) electrons. The van der Waals surface area contributed by atoms with Crippen molar-refractivity contribution in [2.24, 2.45) is 0 Å². The molecule has 20 heavy (non-hydrogen) atoms. The average Bonchev–Trinajstić information content (AvgIpc) is 2.91. The monoisotopic (exact) mass is 287 g/mol. The molecule has 0 spiro atoms. The summed E-state index contributed by atoms with van der Waals surface area (Å²) in [6, 6.07) is 6.96. The van der Waals surface area contributed by atoms with Crippen LogP contribution in [-0.4, -0.2) is 11.5 Å². The van der Waals surface area contributed by atoms with Crippen LogP contribution in [0.2, 0.25) is 0 Å². The van der Waals surface area contributed by atoms with Gasteiger partial charge in [0.2, 0.25) is 0 Å². The predicted molar refractivity (Wildman–Crippen MR) is 84.0 cm³/mol. The van der Waals surface area contributed by atoms with Crippen LogP contribution in [0.5, 0.6) is 0 Å². The van der Waals surface area contributed by atoms with E-state index in [0.717, 1.165) is 31.7 Å². The van der Waals surface area contributed by atoms with Crippen LogP contribution < -0.4 is 10.6 Å². The minimum Gasteiger partial charge on any atom is -0.312 e. The Morgan fingerprint density at radius 2 is 2.35 bits per heavy atom. The summed E-state index contributed by atoms with van der Waals surface area (Å²) in [6.07, 6.45) is 1.14. The first kappa shape index (κ1) is 13.7. The molecule has 1 atom stereocenters. The second-order valence-corrected chi connectivity index (χ2v) is 6.30. The summed E-state index contributed by atoms with van der Waals surface area (Å²) in [5.74, 6) is 0. The normalized spacial score (nSPS) is 15.9. The summed E-state index contributed by atoms with van der Waals surface area (Å²) in [5, 5.41) is 10.3. The van der Waals surface area contributed by atoms with Crippen LogP contribution in [0.15, 0.2) is 23.6 Å². The summed E-state index contributed by atoms with van der Waals surface area (Å²) >= 11 is 1.74. The van der Waals surface area contributed by atoms with Gasteiger partial charge in [-0.1, -0.05) is 18.2 Å². The van der Waals surface area contributed by atoms with E-state index in [-0.39, 0.29) is 0 Å². The van der Waals surface area contributed by atoms with Crippen molar-refractivity contribution < 1.29 is 0 Å². The molecular weight excluding hydrogens is 266 g/mol. The number of nitrogens with zero attached hydrogens (tertiary/aromatic N) is 1. The maximum Gasteiger partial charge on any atom is 0.110 e. The maximum absolute atomic E-state index is 4.56. The van der Waals surface area contributed by atoms with Crippen LogP contribution in [0.4, 0.5) is 0 Å². The molecule has 2 N–H and O–H groups in total. The van der Waals surface area contributed by atoms with Crippen molar-refractivity contribution in [1.82, 2.24) is 15.6 Å². The Balaban J connectivity index is 1.69. The molecule has 1 unspecified atom stereocenters. The lowest BCUT2D eigenvalue weighted by atomic mass is 9.95. The van der Waals surface area contributed by atoms with Crippen LogP contribution >= 0.6 is 11.3 Å². The van der Waals surface area contributed by atoms with Gasteiger partial charge in [-0.3, -0.25) is 0 Å². The summed E-state index contributed by atoms with van der Waals surface area (Å²) in [6.45, 7) is 7.25. The molecule has 1 aliphatic heterocycles. The van der Waals surface area contributed by atoms with E-state index in [2.05, 4.69) is 46.1 Å². The first-order valence-corrected chi connectivity index (χ1v) is 8.08. The topological polar surface area (TPSA) is 37.0 Å². The molecule has 1 aliphatic rings. The highest BCUT2D eigenvalue weighted by Gasteiger charge is 2.14. The van der Waals surface area contributed by atoms with Gasteiger partial charge in [0.1, 0.15) is 5.01 Å². The second kappa shape index (κ2) is 6.04. The van der Waals surface area contributed by atoms with Gasteiger partial charge in [0, 0.05) is 24.2 Å². The molecular formula is C16H21N3S. The SMILES string of the molecule is Cc1csc(C(C)NCc2cccc3c2CCNC3)n1. The lowest BCUT2D eigenvalue weighted by molar-refractivity contribution is 0.562. The standard InChI is InChI=1S/C16H21N3S/c1-11-10-20-16(19-11)12(2)18-9-14-5-3-4-13-8-17-7-6-15(13)14/h3-5,10,12,17-18H,6-9H2,1-2H3. The molecule has 1 aromatic heterocycles. The van der Waals surface area contributed by atoms with E-state index in [4.69, 9.17) is 0 Å². The Bertz CT molecular complexity index is 591. The lowest BCUT2D eigenvalue weighted by Gasteiger charge is -2.21. The molecule has 0 aliphatic carbocycles. The molecule has 2 aromatic rings. The first-order chi connectivity index (χ1) is 9.74. The third-order valence-corrected chi connectivity index (χ3v) is 4.99. The van der Waals surface area contributed by atoms with Crippen molar-refractivity contribution in [2.75, 3.05) is 6.54 Å². The maximum atomic E-state index is 4.56. The number of thiazole rings is 1. The first-order valence-electron chi connectivity index (χ1n) is 7.20. The zero-order chi connectivity index (χ0) is 13.9.